The van der Waals surface area contributed by atoms with E-state index in [0.29, 0.717) is 11.8 Å². The van der Waals surface area contributed by atoms with Crippen molar-refractivity contribution >= 4 is 12.2 Å². The van der Waals surface area contributed by atoms with Crippen LogP contribution in [0.3, 0.4) is 0 Å². The molecule has 20 heavy (non-hydrogen) atoms. The smallest absolute Gasteiger partial charge is 0.260 e. The first kappa shape index (κ1) is 14.4. The van der Waals surface area contributed by atoms with Gasteiger partial charge in [-0.1, -0.05) is 12.1 Å². The van der Waals surface area contributed by atoms with Crippen LogP contribution in [0, 0.1) is 0 Å². The number of amides is 1. The number of nitrogens with zero attached hydrogens (tertiary/aromatic N) is 1. The Balaban J connectivity index is 1.94. The molecule has 1 fully saturated rings. The van der Waals surface area contributed by atoms with Crippen LogP contribution in [0.25, 0.3) is 0 Å². The van der Waals surface area contributed by atoms with Gasteiger partial charge in [0.25, 0.3) is 12.3 Å². The number of para-hydroxylation sites is 1. The van der Waals surface area contributed by atoms with E-state index in [1.165, 1.54) is 0 Å². The maximum Gasteiger partial charge on any atom is 0.260 e. The molecule has 0 bridgehead atoms. The molecule has 1 aromatic rings. The largest absolute Gasteiger partial charge is 0.483 e. The standard InChI is InChI=1S/C14H15F2NO3/c15-13(16)7-17(11-5-6-11)14(19)9-20-12-4-2-1-3-10(12)8-18/h1-4,8,11,13H,5-7,9H2. The Kier molecular flexibility index (Phi) is 4.65. The van der Waals surface area contributed by atoms with Crippen LogP contribution in [-0.2, 0) is 4.79 Å². The number of ether oxygens (including phenoxy) is 1. The highest BCUT2D eigenvalue weighted by molar-refractivity contribution is 5.81. The summed E-state index contributed by atoms with van der Waals surface area (Å²) in [5, 5.41) is 0. The number of carbonyl (C=O) groups excluding carboxylic acids is 2. The van der Waals surface area contributed by atoms with E-state index < -0.39 is 18.9 Å². The van der Waals surface area contributed by atoms with Gasteiger partial charge in [-0.05, 0) is 25.0 Å². The van der Waals surface area contributed by atoms with Crippen molar-refractivity contribution in [1.82, 2.24) is 4.90 Å². The molecule has 0 atom stereocenters. The van der Waals surface area contributed by atoms with Gasteiger partial charge < -0.3 is 9.64 Å². The molecule has 1 amide bonds. The molecule has 0 radical (unpaired) electrons. The third-order valence-electron chi connectivity index (χ3n) is 3.04. The minimum absolute atomic E-state index is 0.0959. The van der Waals surface area contributed by atoms with Crippen LogP contribution >= 0.6 is 0 Å². The number of alkyl halides is 2. The predicted molar refractivity (Wildman–Crippen MR) is 68.1 cm³/mol. The summed E-state index contributed by atoms with van der Waals surface area (Å²) in [5.74, 6) is -0.197. The van der Waals surface area contributed by atoms with Crippen LogP contribution in [0.1, 0.15) is 23.2 Å². The van der Waals surface area contributed by atoms with Crippen LogP contribution in [0.2, 0.25) is 0 Å². The van der Waals surface area contributed by atoms with E-state index in [2.05, 4.69) is 0 Å². The molecule has 1 aliphatic rings. The Morgan fingerprint density at radius 2 is 2.10 bits per heavy atom. The van der Waals surface area contributed by atoms with Gasteiger partial charge in [-0.3, -0.25) is 9.59 Å². The number of hydrogen-bond acceptors (Lipinski definition) is 3. The molecular formula is C14H15F2NO3. The summed E-state index contributed by atoms with van der Waals surface area (Å²) in [6.07, 6.45) is -0.425. The Bertz CT molecular complexity index is 489. The number of rotatable bonds is 7. The van der Waals surface area contributed by atoms with Gasteiger partial charge in [-0.15, -0.1) is 0 Å². The van der Waals surface area contributed by atoms with Gasteiger partial charge in [0.05, 0.1) is 12.1 Å². The summed E-state index contributed by atoms with van der Waals surface area (Å²) in [7, 11) is 0. The van der Waals surface area contributed by atoms with Gasteiger partial charge in [0.2, 0.25) is 0 Å². The summed E-state index contributed by atoms with van der Waals surface area (Å²) in [6.45, 7) is -0.906. The van der Waals surface area contributed by atoms with Gasteiger partial charge in [0.15, 0.2) is 12.9 Å². The molecule has 0 spiro atoms. The summed E-state index contributed by atoms with van der Waals surface area (Å²) in [5.41, 5.74) is 0.326. The van der Waals surface area contributed by atoms with E-state index >= 15 is 0 Å². The van der Waals surface area contributed by atoms with Crippen molar-refractivity contribution in [2.24, 2.45) is 0 Å². The predicted octanol–water partition coefficient (Wildman–Crippen LogP) is 2.13. The van der Waals surface area contributed by atoms with Crippen molar-refractivity contribution in [3.05, 3.63) is 29.8 Å². The Morgan fingerprint density at radius 3 is 2.70 bits per heavy atom. The highest BCUT2D eigenvalue weighted by Crippen LogP contribution is 2.27. The highest BCUT2D eigenvalue weighted by atomic mass is 19.3. The van der Waals surface area contributed by atoms with Gasteiger partial charge in [0.1, 0.15) is 5.75 Å². The zero-order chi connectivity index (χ0) is 14.5. The first-order chi connectivity index (χ1) is 9.61. The van der Waals surface area contributed by atoms with E-state index in [9.17, 15) is 18.4 Å². The molecule has 1 saturated carbocycles. The van der Waals surface area contributed by atoms with Gasteiger partial charge in [0, 0.05) is 6.04 Å². The summed E-state index contributed by atoms with van der Waals surface area (Å²) >= 11 is 0. The zero-order valence-electron chi connectivity index (χ0n) is 10.8. The van der Waals surface area contributed by atoms with Crippen LogP contribution in [0.15, 0.2) is 24.3 Å². The average molecular weight is 283 g/mol. The topological polar surface area (TPSA) is 46.6 Å². The fraction of sp³-hybridized carbons (Fsp3) is 0.429. The van der Waals surface area contributed by atoms with Crippen LogP contribution in [0.4, 0.5) is 8.78 Å². The Hall–Kier alpha value is -1.98. The molecule has 0 N–H and O–H groups in total. The van der Waals surface area contributed by atoms with Gasteiger partial charge >= 0.3 is 0 Å². The van der Waals surface area contributed by atoms with Crippen LogP contribution in [0.5, 0.6) is 5.75 Å². The average Bonchev–Trinajstić information content (AvgIpc) is 3.26. The second-order valence-electron chi connectivity index (χ2n) is 4.61. The first-order valence-corrected chi connectivity index (χ1v) is 6.36. The maximum absolute atomic E-state index is 12.4. The molecule has 1 aromatic carbocycles. The van der Waals surface area contributed by atoms with Crippen LogP contribution in [-0.4, -0.2) is 42.7 Å². The summed E-state index contributed by atoms with van der Waals surface area (Å²) < 4.78 is 30.1. The minimum Gasteiger partial charge on any atom is -0.483 e. The minimum atomic E-state index is -2.55. The Labute approximate surface area is 115 Å². The van der Waals surface area contributed by atoms with E-state index in [1.807, 2.05) is 0 Å². The molecule has 108 valence electrons. The van der Waals surface area contributed by atoms with E-state index in [1.54, 1.807) is 24.3 Å². The number of hydrogen-bond donors (Lipinski definition) is 0. The lowest BCUT2D eigenvalue weighted by atomic mass is 10.2. The maximum atomic E-state index is 12.4. The lowest BCUT2D eigenvalue weighted by Crippen LogP contribution is -2.39. The SMILES string of the molecule is O=Cc1ccccc1OCC(=O)N(CC(F)F)C1CC1. The van der Waals surface area contributed by atoms with E-state index in [4.69, 9.17) is 4.74 Å². The summed E-state index contributed by atoms with van der Waals surface area (Å²) in [6, 6.07) is 6.37. The lowest BCUT2D eigenvalue weighted by Gasteiger charge is -2.22. The molecule has 0 aromatic heterocycles. The number of carbonyl (C=O) groups is 2. The number of benzene rings is 1. The molecule has 4 nitrogen and oxygen atoms in total. The number of halogens is 2. The third-order valence-corrected chi connectivity index (χ3v) is 3.04. The monoisotopic (exact) mass is 283 g/mol. The highest BCUT2D eigenvalue weighted by Gasteiger charge is 2.34. The molecule has 0 aliphatic heterocycles. The lowest BCUT2D eigenvalue weighted by molar-refractivity contribution is -0.136. The molecule has 1 aliphatic carbocycles. The van der Waals surface area contributed by atoms with Crippen molar-refractivity contribution < 1.29 is 23.1 Å². The molecule has 0 unspecified atom stereocenters. The van der Waals surface area contributed by atoms with Crippen molar-refractivity contribution in [3.8, 4) is 5.75 Å². The van der Waals surface area contributed by atoms with Crippen molar-refractivity contribution in [3.63, 3.8) is 0 Å². The normalized spacial score (nSPS) is 14.2. The van der Waals surface area contributed by atoms with Crippen LogP contribution < -0.4 is 4.74 Å². The quantitative estimate of drug-likeness (QED) is 0.720. The second-order valence-corrected chi connectivity index (χ2v) is 4.61. The number of aldehydes is 1. The van der Waals surface area contributed by atoms with Crippen molar-refractivity contribution in [1.29, 1.82) is 0 Å². The molecule has 2 rings (SSSR count). The van der Waals surface area contributed by atoms with E-state index in [-0.39, 0.29) is 18.4 Å². The van der Waals surface area contributed by atoms with Gasteiger partial charge in [-0.2, -0.15) is 0 Å². The Morgan fingerprint density at radius 1 is 1.40 bits per heavy atom. The molecule has 0 heterocycles. The summed E-state index contributed by atoms with van der Waals surface area (Å²) in [4.78, 5) is 23.9. The first-order valence-electron chi connectivity index (χ1n) is 6.36. The second kappa shape index (κ2) is 6.45. The van der Waals surface area contributed by atoms with Crippen molar-refractivity contribution in [2.75, 3.05) is 13.2 Å². The fourth-order valence-corrected chi connectivity index (χ4v) is 1.92. The van der Waals surface area contributed by atoms with Gasteiger partial charge in [-0.25, -0.2) is 8.78 Å². The molecular weight excluding hydrogens is 268 g/mol. The van der Waals surface area contributed by atoms with E-state index in [0.717, 1.165) is 17.7 Å². The van der Waals surface area contributed by atoms with Crippen molar-refractivity contribution in [2.45, 2.75) is 25.3 Å². The third kappa shape index (κ3) is 3.76. The molecule has 6 heteroatoms. The fourth-order valence-electron chi connectivity index (χ4n) is 1.92. The zero-order valence-corrected chi connectivity index (χ0v) is 10.8. The molecule has 0 saturated heterocycles.